The Morgan fingerprint density at radius 3 is 1.97 bits per heavy atom. The molecule has 7 nitrogen and oxygen atoms in total. The minimum atomic E-state index is -0.255. The number of aromatic hydroxyl groups is 3. The molecule has 0 saturated heterocycles. The summed E-state index contributed by atoms with van der Waals surface area (Å²) in [5, 5.41) is 37.0. The molecule has 178 valence electrons. The summed E-state index contributed by atoms with van der Waals surface area (Å²) in [6.07, 6.45) is 4.10. The van der Waals surface area contributed by atoms with E-state index >= 15 is 0 Å². The van der Waals surface area contributed by atoms with Crippen LogP contribution in [0.1, 0.15) is 5.56 Å². The lowest BCUT2D eigenvalue weighted by atomic mass is 10.1. The van der Waals surface area contributed by atoms with Gasteiger partial charge in [-0.2, -0.15) is 0 Å². The highest BCUT2D eigenvalue weighted by atomic mass is 35.5. The van der Waals surface area contributed by atoms with Crippen LogP contribution in [0.15, 0.2) is 70.7 Å². The highest BCUT2D eigenvalue weighted by Gasteiger charge is 2.19. The Balaban J connectivity index is 1.86. The van der Waals surface area contributed by atoms with Gasteiger partial charge in [0.15, 0.2) is 5.78 Å². The molecule has 0 unspecified atom stereocenters. The molecule has 0 saturated carbocycles. The van der Waals surface area contributed by atoms with E-state index in [-0.39, 0.29) is 38.1 Å². The van der Waals surface area contributed by atoms with Crippen molar-refractivity contribution >= 4 is 74.7 Å². The van der Waals surface area contributed by atoms with Gasteiger partial charge in [0, 0.05) is 29.8 Å². The Morgan fingerprint density at radius 1 is 0.800 bits per heavy atom. The van der Waals surface area contributed by atoms with E-state index in [1.165, 1.54) is 48.6 Å². The molecule has 0 aliphatic heterocycles. The number of hydrogen-bond acceptors (Lipinski definition) is 7. The lowest BCUT2D eigenvalue weighted by Gasteiger charge is -2.19. The van der Waals surface area contributed by atoms with Gasteiger partial charge in [0.1, 0.15) is 17.2 Å². The number of benzene rings is 3. The number of nitrogens with one attached hydrogen (secondary N) is 2. The first-order valence-electron chi connectivity index (χ1n) is 10.2. The summed E-state index contributed by atoms with van der Waals surface area (Å²) < 4.78 is 0. The number of phenolic OH excluding ortho intramolecular Hbond substituents is 3. The van der Waals surface area contributed by atoms with E-state index in [0.29, 0.717) is 39.7 Å². The second-order valence-corrected chi connectivity index (χ2v) is 8.82. The number of anilines is 4. The van der Waals surface area contributed by atoms with Crippen molar-refractivity contribution in [1.29, 1.82) is 0 Å². The quantitative estimate of drug-likeness (QED) is 0.135. The van der Waals surface area contributed by atoms with Crippen LogP contribution in [0.4, 0.5) is 28.4 Å². The van der Waals surface area contributed by atoms with Gasteiger partial charge in [0.05, 0.1) is 49.2 Å². The van der Waals surface area contributed by atoms with E-state index in [1.54, 1.807) is 19.1 Å². The summed E-state index contributed by atoms with van der Waals surface area (Å²) >= 11 is 18.8. The van der Waals surface area contributed by atoms with Crippen molar-refractivity contribution in [3.8, 4) is 17.2 Å². The number of aliphatic imine (C=N–C) groups is 1. The zero-order valence-electron chi connectivity index (χ0n) is 18.1. The standard InChI is InChI=1S/C25H18Cl3N3O4/c1-12-24(30-20-6-3-14(33)9-17(20)27)22(29-19-5-2-13(32)8-16(19)26)11-23(35)25(12)31-21-7-4-15(34)10-18(21)28/h2-11,29,31-32,34-35H,1H3. The third kappa shape index (κ3) is 5.38. The van der Waals surface area contributed by atoms with Crippen molar-refractivity contribution in [2.24, 2.45) is 4.99 Å². The number of phenols is 3. The zero-order chi connectivity index (χ0) is 25.3. The maximum atomic E-state index is 11.6. The lowest BCUT2D eigenvalue weighted by Crippen LogP contribution is -2.05. The highest BCUT2D eigenvalue weighted by molar-refractivity contribution is 6.48. The van der Waals surface area contributed by atoms with Gasteiger partial charge in [-0.15, -0.1) is 0 Å². The minimum Gasteiger partial charge on any atom is -0.508 e. The Bertz CT molecular complexity index is 1450. The maximum Gasteiger partial charge on any atom is 0.180 e. The molecule has 10 heteroatoms. The second kappa shape index (κ2) is 9.92. The number of ketones is 1. The fourth-order valence-electron chi connectivity index (χ4n) is 3.38. The van der Waals surface area contributed by atoms with Crippen LogP contribution in [0.5, 0.6) is 17.2 Å². The molecule has 0 bridgehead atoms. The monoisotopic (exact) mass is 529 g/mol. The van der Waals surface area contributed by atoms with Gasteiger partial charge in [-0.1, -0.05) is 34.8 Å². The molecular formula is C25H18Cl3N3O4. The lowest BCUT2D eigenvalue weighted by molar-refractivity contribution is -0.110. The van der Waals surface area contributed by atoms with Crippen molar-refractivity contribution in [2.45, 2.75) is 6.92 Å². The Kier molecular flexibility index (Phi) is 6.93. The first-order chi connectivity index (χ1) is 16.6. The van der Waals surface area contributed by atoms with Gasteiger partial charge < -0.3 is 26.0 Å². The third-order valence-corrected chi connectivity index (χ3v) is 6.04. The summed E-state index contributed by atoms with van der Waals surface area (Å²) in [6.45, 7) is 1.73. The Hall–Kier alpha value is -3.65. The highest BCUT2D eigenvalue weighted by Crippen LogP contribution is 2.45. The molecular weight excluding hydrogens is 513 g/mol. The average molecular weight is 531 g/mol. The number of rotatable bonds is 5. The molecule has 0 fully saturated rings. The molecule has 35 heavy (non-hydrogen) atoms. The summed E-state index contributed by atoms with van der Waals surface area (Å²) in [5.74, 6) is -0.378. The molecule has 3 aromatic rings. The summed E-state index contributed by atoms with van der Waals surface area (Å²) in [7, 11) is 0. The number of carbonyl (C=O) groups is 1. The van der Waals surface area contributed by atoms with Crippen LogP contribution in [-0.2, 0) is 4.79 Å². The van der Waals surface area contributed by atoms with Crippen LogP contribution in [0.3, 0.4) is 0 Å². The molecule has 5 N–H and O–H groups in total. The molecule has 4 rings (SSSR count). The van der Waals surface area contributed by atoms with Crippen molar-refractivity contribution in [1.82, 2.24) is 0 Å². The SMILES string of the molecule is Cc1c(N=C2C=CC(=O)C=C2Cl)c(Nc2ccc(O)cc2Cl)cc(O)c1Nc1ccc(O)cc1Cl. The molecule has 0 spiro atoms. The third-order valence-electron chi connectivity index (χ3n) is 5.11. The normalized spacial score (nSPS) is 14.2. The summed E-state index contributed by atoms with van der Waals surface area (Å²) in [4.78, 5) is 16.3. The van der Waals surface area contributed by atoms with Gasteiger partial charge in [0.25, 0.3) is 0 Å². The van der Waals surface area contributed by atoms with E-state index in [9.17, 15) is 20.1 Å². The number of hydrogen-bond donors (Lipinski definition) is 5. The van der Waals surface area contributed by atoms with Gasteiger partial charge in [-0.3, -0.25) is 4.79 Å². The summed E-state index contributed by atoms with van der Waals surface area (Å²) in [6, 6.07) is 10.3. The average Bonchev–Trinajstić information content (AvgIpc) is 2.78. The molecule has 1 aliphatic carbocycles. The van der Waals surface area contributed by atoms with Crippen molar-refractivity contribution in [3.63, 3.8) is 0 Å². The van der Waals surface area contributed by atoms with E-state index < -0.39 is 0 Å². The van der Waals surface area contributed by atoms with E-state index in [1.807, 2.05) is 0 Å². The number of allylic oxidation sites excluding steroid dienone is 4. The molecule has 3 aromatic carbocycles. The largest absolute Gasteiger partial charge is 0.508 e. The van der Waals surface area contributed by atoms with Crippen molar-refractivity contribution in [3.05, 3.63) is 81.3 Å². The first kappa shape index (κ1) is 24.5. The van der Waals surface area contributed by atoms with Crippen LogP contribution in [0.2, 0.25) is 10.0 Å². The van der Waals surface area contributed by atoms with E-state index in [2.05, 4.69) is 15.6 Å². The number of carbonyl (C=O) groups excluding carboxylic acids is 1. The molecule has 0 amide bonds. The van der Waals surface area contributed by atoms with Crippen LogP contribution in [0, 0.1) is 6.92 Å². The minimum absolute atomic E-state index is 0.000650. The van der Waals surface area contributed by atoms with Crippen LogP contribution in [0.25, 0.3) is 0 Å². The predicted molar refractivity (Wildman–Crippen MR) is 141 cm³/mol. The van der Waals surface area contributed by atoms with Gasteiger partial charge in [-0.05, 0) is 43.3 Å². The van der Waals surface area contributed by atoms with Crippen LogP contribution in [-0.4, -0.2) is 26.8 Å². The van der Waals surface area contributed by atoms with E-state index in [0.717, 1.165) is 0 Å². The first-order valence-corrected chi connectivity index (χ1v) is 11.3. The zero-order valence-corrected chi connectivity index (χ0v) is 20.4. The van der Waals surface area contributed by atoms with Gasteiger partial charge in [-0.25, -0.2) is 4.99 Å². The Labute approximate surface area is 215 Å². The second-order valence-electron chi connectivity index (χ2n) is 7.60. The Morgan fingerprint density at radius 2 is 1.40 bits per heavy atom. The van der Waals surface area contributed by atoms with Gasteiger partial charge >= 0.3 is 0 Å². The fraction of sp³-hybridized carbons (Fsp3) is 0.0400. The van der Waals surface area contributed by atoms with Crippen molar-refractivity contribution < 1.29 is 20.1 Å². The van der Waals surface area contributed by atoms with Crippen LogP contribution >= 0.6 is 34.8 Å². The summed E-state index contributed by atoms with van der Waals surface area (Å²) in [5.41, 5.74) is 2.87. The number of halogens is 3. The topological polar surface area (TPSA) is 114 Å². The molecule has 0 heterocycles. The van der Waals surface area contributed by atoms with E-state index in [4.69, 9.17) is 34.8 Å². The molecule has 0 radical (unpaired) electrons. The molecule has 0 aromatic heterocycles. The fourth-order valence-corrected chi connectivity index (χ4v) is 4.03. The predicted octanol–water partition coefficient (Wildman–Crippen LogP) is 7.24. The molecule has 0 atom stereocenters. The van der Waals surface area contributed by atoms with Crippen LogP contribution < -0.4 is 10.6 Å². The smallest absolute Gasteiger partial charge is 0.180 e. The van der Waals surface area contributed by atoms with Gasteiger partial charge in [0.2, 0.25) is 0 Å². The van der Waals surface area contributed by atoms with Crippen molar-refractivity contribution in [2.75, 3.05) is 10.6 Å². The number of nitrogens with zero attached hydrogens (tertiary/aromatic N) is 1. The maximum absolute atomic E-state index is 11.6. The molecule has 1 aliphatic rings.